The van der Waals surface area contributed by atoms with Crippen molar-refractivity contribution < 1.29 is 23.7 Å². The molecule has 0 saturated carbocycles. The first-order valence-electron chi connectivity index (χ1n) is 10.2. The van der Waals surface area contributed by atoms with Gasteiger partial charge in [0.15, 0.2) is 11.7 Å². The number of carbonyl (C=O) groups is 1. The summed E-state index contributed by atoms with van der Waals surface area (Å²) in [4.78, 5) is 19.4. The highest BCUT2D eigenvalue weighted by atomic mass is 32.1. The Labute approximate surface area is 192 Å². The Morgan fingerprint density at radius 1 is 1.06 bits per heavy atom. The maximum Gasteiger partial charge on any atom is 0.266 e. The number of aryl methyl sites for hydroxylation is 1. The second-order valence-corrected chi connectivity index (χ2v) is 7.91. The van der Waals surface area contributed by atoms with Gasteiger partial charge in [0.1, 0.15) is 17.2 Å². The summed E-state index contributed by atoms with van der Waals surface area (Å²) in [6.45, 7) is 2.93. The third-order valence-electron chi connectivity index (χ3n) is 4.79. The van der Waals surface area contributed by atoms with Crippen LogP contribution in [0.5, 0.6) is 17.2 Å². The SMILES string of the molecule is COCCCN(C(=O)COc1cccc(C)c1)c1nc(-c2cc(OC)ccc2OC)cs1. The van der Waals surface area contributed by atoms with Crippen LogP contribution in [-0.4, -0.2) is 52.0 Å². The van der Waals surface area contributed by atoms with Crippen LogP contribution in [0.1, 0.15) is 12.0 Å². The number of aromatic nitrogens is 1. The molecule has 170 valence electrons. The molecule has 0 saturated heterocycles. The van der Waals surface area contributed by atoms with Gasteiger partial charge in [0.05, 0.1) is 19.9 Å². The zero-order valence-corrected chi connectivity index (χ0v) is 19.6. The normalized spacial score (nSPS) is 10.6. The summed E-state index contributed by atoms with van der Waals surface area (Å²) in [5.41, 5.74) is 2.59. The third kappa shape index (κ3) is 5.99. The lowest BCUT2D eigenvalue weighted by molar-refractivity contribution is -0.120. The highest BCUT2D eigenvalue weighted by Gasteiger charge is 2.21. The molecule has 1 heterocycles. The summed E-state index contributed by atoms with van der Waals surface area (Å²) in [5, 5.41) is 2.50. The number of nitrogens with zero attached hydrogens (tertiary/aromatic N) is 2. The van der Waals surface area contributed by atoms with Crippen LogP contribution in [0.2, 0.25) is 0 Å². The molecule has 0 aliphatic heterocycles. The maximum absolute atomic E-state index is 13.0. The van der Waals surface area contributed by atoms with E-state index in [2.05, 4.69) is 0 Å². The van der Waals surface area contributed by atoms with Crippen LogP contribution in [0.25, 0.3) is 11.3 Å². The van der Waals surface area contributed by atoms with Crippen molar-refractivity contribution in [3.8, 4) is 28.5 Å². The largest absolute Gasteiger partial charge is 0.497 e. The van der Waals surface area contributed by atoms with E-state index in [1.165, 1.54) is 11.3 Å². The molecule has 0 atom stereocenters. The van der Waals surface area contributed by atoms with E-state index in [9.17, 15) is 4.79 Å². The topological polar surface area (TPSA) is 70.1 Å². The first-order valence-corrected chi connectivity index (χ1v) is 11.1. The number of methoxy groups -OCH3 is 3. The van der Waals surface area contributed by atoms with Gasteiger partial charge >= 0.3 is 0 Å². The van der Waals surface area contributed by atoms with Crippen LogP contribution in [0.3, 0.4) is 0 Å². The molecule has 0 fully saturated rings. The first-order chi connectivity index (χ1) is 15.5. The van der Waals surface area contributed by atoms with Crippen molar-refractivity contribution in [3.05, 3.63) is 53.4 Å². The van der Waals surface area contributed by atoms with Gasteiger partial charge < -0.3 is 18.9 Å². The Morgan fingerprint density at radius 3 is 2.62 bits per heavy atom. The minimum absolute atomic E-state index is 0.0756. The van der Waals surface area contributed by atoms with Crippen molar-refractivity contribution in [2.45, 2.75) is 13.3 Å². The molecule has 32 heavy (non-hydrogen) atoms. The number of carbonyl (C=O) groups excluding carboxylic acids is 1. The molecule has 0 aliphatic rings. The minimum Gasteiger partial charge on any atom is -0.497 e. The predicted octanol–water partition coefficient (Wildman–Crippen LogP) is 4.58. The van der Waals surface area contributed by atoms with Crippen molar-refractivity contribution in [3.63, 3.8) is 0 Å². The molecule has 1 aromatic heterocycles. The van der Waals surface area contributed by atoms with Crippen LogP contribution in [-0.2, 0) is 9.53 Å². The highest BCUT2D eigenvalue weighted by molar-refractivity contribution is 7.14. The molecular weight excluding hydrogens is 428 g/mol. The maximum atomic E-state index is 13.0. The van der Waals surface area contributed by atoms with Crippen molar-refractivity contribution >= 4 is 22.4 Å². The lowest BCUT2D eigenvalue weighted by Gasteiger charge is -2.20. The Hall–Kier alpha value is -3.10. The quantitative estimate of drug-likeness (QED) is 0.393. The summed E-state index contributed by atoms with van der Waals surface area (Å²) in [7, 11) is 4.87. The fourth-order valence-corrected chi connectivity index (χ4v) is 4.02. The molecule has 1 amide bonds. The summed E-state index contributed by atoms with van der Waals surface area (Å²) in [5.74, 6) is 1.88. The number of benzene rings is 2. The molecule has 0 radical (unpaired) electrons. The number of anilines is 1. The zero-order valence-electron chi connectivity index (χ0n) is 18.8. The number of hydrogen-bond donors (Lipinski definition) is 0. The van der Waals surface area contributed by atoms with E-state index in [0.29, 0.717) is 47.6 Å². The summed E-state index contributed by atoms with van der Waals surface area (Å²) >= 11 is 1.40. The van der Waals surface area contributed by atoms with Crippen molar-refractivity contribution in [2.75, 3.05) is 46.0 Å². The fourth-order valence-electron chi connectivity index (χ4n) is 3.15. The highest BCUT2D eigenvalue weighted by Crippen LogP contribution is 2.36. The second-order valence-electron chi connectivity index (χ2n) is 7.08. The summed E-state index contributed by atoms with van der Waals surface area (Å²) < 4.78 is 21.7. The molecule has 3 rings (SSSR count). The monoisotopic (exact) mass is 456 g/mol. The van der Waals surface area contributed by atoms with E-state index in [4.69, 9.17) is 23.9 Å². The van der Waals surface area contributed by atoms with E-state index < -0.39 is 0 Å². The zero-order chi connectivity index (χ0) is 22.9. The molecule has 7 nitrogen and oxygen atoms in total. The number of hydrogen-bond acceptors (Lipinski definition) is 7. The lowest BCUT2D eigenvalue weighted by Crippen LogP contribution is -2.36. The fraction of sp³-hybridized carbons (Fsp3) is 0.333. The standard InChI is InChI=1S/C24H28N2O5S/c1-17-7-5-8-19(13-17)31-15-23(27)26(11-6-12-28-2)24-25-21(16-32-24)20-14-18(29-3)9-10-22(20)30-4/h5,7-10,13-14,16H,6,11-12,15H2,1-4H3. The summed E-state index contributed by atoms with van der Waals surface area (Å²) in [6, 6.07) is 13.2. The molecule has 3 aromatic rings. The predicted molar refractivity (Wildman–Crippen MR) is 126 cm³/mol. The minimum atomic E-state index is -0.166. The molecule has 0 spiro atoms. The van der Waals surface area contributed by atoms with Gasteiger partial charge in [-0.05, 0) is 49.2 Å². The molecule has 2 aromatic carbocycles. The number of amides is 1. The number of thiazole rings is 1. The summed E-state index contributed by atoms with van der Waals surface area (Å²) in [6.07, 6.45) is 0.685. The average Bonchev–Trinajstić information content (AvgIpc) is 3.29. The molecule has 0 N–H and O–H groups in total. The van der Waals surface area contributed by atoms with Gasteiger partial charge in [0, 0.05) is 31.2 Å². The van der Waals surface area contributed by atoms with Gasteiger partial charge in [-0.25, -0.2) is 4.98 Å². The molecule has 0 aliphatic carbocycles. The molecular formula is C24H28N2O5S. The molecule has 8 heteroatoms. The second kappa shape index (κ2) is 11.5. The first kappa shape index (κ1) is 23.6. The smallest absolute Gasteiger partial charge is 0.266 e. The van der Waals surface area contributed by atoms with Gasteiger partial charge in [-0.15, -0.1) is 11.3 Å². The van der Waals surface area contributed by atoms with Gasteiger partial charge in [0.25, 0.3) is 5.91 Å². The Kier molecular flexibility index (Phi) is 8.47. The van der Waals surface area contributed by atoms with Gasteiger partial charge in [0.2, 0.25) is 0 Å². The average molecular weight is 457 g/mol. The van der Waals surface area contributed by atoms with Gasteiger partial charge in [-0.1, -0.05) is 12.1 Å². The van der Waals surface area contributed by atoms with E-state index in [1.807, 2.05) is 54.8 Å². The van der Waals surface area contributed by atoms with Crippen LogP contribution in [0.4, 0.5) is 5.13 Å². The Balaban J connectivity index is 1.81. The Morgan fingerprint density at radius 2 is 1.91 bits per heavy atom. The van der Waals surface area contributed by atoms with Crippen LogP contribution in [0, 0.1) is 6.92 Å². The van der Waals surface area contributed by atoms with Crippen molar-refractivity contribution in [1.82, 2.24) is 4.98 Å². The molecule has 0 unspecified atom stereocenters. The van der Waals surface area contributed by atoms with E-state index in [1.54, 1.807) is 26.2 Å². The van der Waals surface area contributed by atoms with Crippen molar-refractivity contribution in [1.29, 1.82) is 0 Å². The number of rotatable bonds is 11. The van der Waals surface area contributed by atoms with E-state index in [0.717, 1.165) is 11.1 Å². The third-order valence-corrected chi connectivity index (χ3v) is 5.65. The van der Waals surface area contributed by atoms with Gasteiger partial charge in [-0.3, -0.25) is 9.69 Å². The molecule has 0 bridgehead atoms. The van der Waals surface area contributed by atoms with Crippen LogP contribution >= 0.6 is 11.3 Å². The van der Waals surface area contributed by atoms with Crippen molar-refractivity contribution in [2.24, 2.45) is 0 Å². The number of ether oxygens (including phenoxy) is 4. The van der Waals surface area contributed by atoms with E-state index >= 15 is 0 Å². The van der Waals surface area contributed by atoms with Crippen LogP contribution < -0.4 is 19.1 Å². The Bertz CT molecular complexity index is 1040. The van der Waals surface area contributed by atoms with Crippen LogP contribution in [0.15, 0.2) is 47.8 Å². The lowest BCUT2D eigenvalue weighted by atomic mass is 10.1. The van der Waals surface area contributed by atoms with E-state index in [-0.39, 0.29) is 12.5 Å². The van der Waals surface area contributed by atoms with Gasteiger partial charge in [-0.2, -0.15) is 0 Å².